The summed E-state index contributed by atoms with van der Waals surface area (Å²) in [5.41, 5.74) is 2.91. The van der Waals surface area contributed by atoms with Gasteiger partial charge >= 0.3 is 0 Å². The first kappa shape index (κ1) is 18.9. The molecule has 0 saturated carbocycles. The minimum Gasteiger partial charge on any atom is -0.369 e. The fourth-order valence-corrected chi connectivity index (χ4v) is 4.67. The first-order valence-corrected chi connectivity index (χ1v) is 10.3. The Bertz CT molecular complexity index is 836. The summed E-state index contributed by atoms with van der Waals surface area (Å²) in [4.78, 5) is 4.81. The van der Waals surface area contributed by atoms with Gasteiger partial charge in [0.2, 0.25) is 10.0 Å². The van der Waals surface area contributed by atoms with E-state index in [-0.39, 0.29) is 4.90 Å². The lowest BCUT2D eigenvalue weighted by Gasteiger charge is -2.36. The Morgan fingerprint density at radius 3 is 2.50 bits per heavy atom. The standard InChI is InChI=1S/C18H26N4O3S/c1-14-5-4-6-17(13-14)22-11-9-21(10-12-22)8-7-19-26(23,24)18-15(2)20-25-16(18)3/h4-6,13,19H,7-12H2,1-3H3. The summed E-state index contributed by atoms with van der Waals surface area (Å²) in [6.07, 6.45) is 0. The van der Waals surface area contributed by atoms with Crippen LogP contribution in [0.2, 0.25) is 0 Å². The van der Waals surface area contributed by atoms with E-state index in [4.69, 9.17) is 4.52 Å². The number of anilines is 1. The van der Waals surface area contributed by atoms with E-state index in [1.54, 1.807) is 13.8 Å². The van der Waals surface area contributed by atoms with E-state index in [0.717, 1.165) is 26.2 Å². The molecule has 1 aliphatic rings. The average Bonchev–Trinajstić information content (AvgIpc) is 2.95. The molecule has 3 rings (SSSR count). The molecule has 2 heterocycles. The van der Waals surface area contributed by atoms with E-state index >= 15 is 0 Å². The van der Waals surface area contributed by atoms with Gasteiger partial charge in [-0.1, -0.05) is 17.3 Å². The normalized spacial score (nSPS) is 16.2. The van der Waals surface area contributed by atoms with Crippen LogP contribution in [0, 0.1) is 20.8 Å². The minimum atomic E-state index is -3.58. The van der Waals surface area contributed by atoms with Gasteiger partial charge in [0.15, 0.2) is 5.76 Å². The summed E-state index contributed by atoms with van der Waals surface area (Å²) >= 11 is 0. The highest BCUT2D eigenvalue weighted by Crippen LogP contribution is 2.19. The van der Waals surface area contributed by atoms with Crippen LogP contribution in [0.1, 0.15) is 17.0 Å². The van der Waals surface area contributed by atoms with Crippen LogP contribution < -0.4 is 9.62 Å². The largest absolute Gasteiger partial charge is 0.369 e. The van der Waals surface area contributed by atoms with Gasteiger partial charge in [-0.15, -0.1) is 0 Å². The fraction of sp³-hybridized carbons (Fsp3) is 0.500. The quantitative estimate of drug-likeness (QED) is 0.824. The molecule has 1 N–H and O–H groups in total. The van der Waals surface area contributed by atoms with Crippen molar-refractivity contribution in [2.24, 2.45) is 0 Å². The molecular formula is C18H26N4O3S. The molecule has 26 heavy (non-hydrogen) atoms. The van der Waals surface area contributed by atoms with E-state index in [9.17, 15) is 8.42 Å². The number of piperazine rings is 1. The fourth-order valence-electron chi connectivity index (χ4n) is 3.32. The zero-order valence-corrected chi connectivity index (χ0v) is 16.3. The van der Waals surface area contributed by atoms with Gasteiger partial charge in [0, 0.05) is 45.0 Å². The van der Waals surface area contributed by atoms with Gasteiger partial charge in [0.25, 0.3) is 0 Å². The third-order valence-electron chi connectivity index (χ3n) is 4.70. The van der Waals surface area contributed by atoms with Crippen molar-refractivity contribution >= 4 is 15.7 Å². The summed E-state index contributed by atoms with van der Waals surface area (Å²) in [5.74, 6) is 0.321. The van der Waals surface area contributed by atoms with Gasteiger partial charge in [-0.2, -0.15) is 0 Å². The first-order valence-electron chi connectivity index (χ1n) is 8.83. The molecule has 0 spiro atoms. The van der Waals surface area contributed by atoms with Crippen LogP contribution in [-0.4, -0.2) is 57.7 Å². The molecule has 0 radical (unpaired) electrons. The molecule has 1 fully saturated rings. The van der Waals surface area contributed by atoms with E-state index in [1.807, 2.05) is 0 Å². The van der Waals surface area contributed by atoms with E-state index in [2.05, 4.69) is 50.9 Å². The van der Waals surface area contributed by atoms with Crippen molar-refractivity contribution < 1.29 is 12.9 Å². The molecule has 8 heteroatoms. The van der Waals surface area contributed by atoms with Gasteiger partial charge in [-0.3, -0.25) is 4.90 Å². The number of aryl methyl sites for hydroxylation is 3. The number of nitrogens with zero attached hydrogens (tertiary/aromatic N) is 3. The van der Waals surface area contributed by atoms with Crippen molar-refractivity contribution in [1.82, 2.24) is 14.8 Å². The highest BCUT2D eigenvalue weighted by molar-refractivity contribution is 7.89. The third kappa shape index (κ3) is 4.25. The van der Waals surface area contributed by atoms with Crippen molar-refractivity contribution in [3.05, 3.63) is 41.3 Å². The second kappa shape index (κ2) is 7.77. The molecule has 1 aromatic carbocycles. The Labute approximate surface area is 155 Å². The van der Waals surface area contributed by atoms with Gasteiger partial charge < -0.3 is 9.42 Å². The molecule has 0 amide bonds. The number of benzene rings is 1. The summed E-state index contributed by atoms with van der Waals surface area (Å²) in [7, 11) is -3.58. The molecule has 2 aromatic rings. The Balaban J connectivity index is 1.48. The lowest BCUT2D eigenvalue weighted by Crippen LogP contribution is -2.48. The van der Waals surface area contributed by atoms with Crippen LogP contribution >= 0.6 is 0 Å². The van der Waals surface area contributed by atoms with Gasteiger partial charge in [-0.05, 0) is 38.5 Å². The number of hydrogen-bond acceptors (Lipinski definition) is 6. The van der Waals surface area contributed by atoms with Crippen molar-refractivity contribution in [2.75, 3.05) is 44.2 Å². The number of aromatic nitrogens is 1. The zero-order valence-electron chi connectivity index (χ0n) is 15.5. The van der Waals surface area contributed by atoms with Crippen molar-refractivity contribution in [3.8, 4) is 0 Å². The SMILES string of the molecule is Cc1cccc(N2CCN(CCNS(=O)(=O)c3c(C)noc3C)CC2)c1. The summed E-state index contributed by atoms with van der Waals surface area (Å²) in [6.45, 7) is 10.1. The Hall–Kier alpha value is -1.90. The average molecular weight is 378 g/mol. The number of rotatable bonds is 6. The summed E-state index contributed by atoms with van der Waals surface area (Å²) in [5, 5.41) is 3.71. The molecule has 0 atom stereocenters. The molecule has 1 aliphatic heterocycles. The predicted octanol–water partition coefficient (Wildman–Crippen LogP) is 1.70. The maximum Gasteiger partial charge on any atom is 0.246 e. The van der Waals surface area contributed by atoms with E-state index in [1.165, 1.54) is 11.3 Å². The Morgan fingerprint density at radius 2 is 1.88 bits per heavy atom. The molecular weight excluding hydrogens is 352 g/mol. The molecule has 1 aromatic heterocycles. The van der Waals surface area contributed by atoms with Gasteiger partial charge in [-0.25, -0.2) is 13.1 Å². The van der Waals surface area contributed by atoms with Crippen LogP contribution in [0.15, 0.2) is 33.7 Å². The predicted molar refractivity (Wildman–Crippen MR) is 101 cm³/mol. The van der Waals surface area contributed by atoms with Crippen LogP contribution in [0.3, 0.4) is 0 Å². The van der Waals surface area contributed by atoms with Crippen molar-refractivity contribution in [2.45, 2.75) is 25.7 Å². The second-order valence-electron chi connectivity index (χ2n) is 6.72. The first-order chi connectivity index (χ1) is 12.4. The van der Waals surface area contributed by atoms with Crippen LogP contribution in [0.4, 0.5) is 5.69 Å². The molecule has 142 valence electrons. The van der Waals surface area contributed by atoms with Crippen LogP contribution in [0.25, 0.3) is 0 Å². The van der Waals surface area contributed by atoms with E-state index in [0.29, 0.717) is 24.5 Å². The van der Waals surface area contributed by atoms with Crippen LogP contribution in [0.5, 0.6) is 0 Å². The highest BCUT2D eigenvalue weighted by Gasteiger charge is 2.24. The number of nitrogens with one attached hydrogen (secondary N) is 1. The lowest BCUT2D eigenvalue weighted by molar-refractivity contribution is 0.262. The topological polar surface area (TPSA) is 78.7 Å². The summed E-state index contributed by atoms with van der Waals surface area (Å²) < 4.78 is 32.4. The molecule has 7 nitrogen and oxygen atoms in total. The number of sulfonamides is 1. The van der Waals surface area contributed by atoms with Gasteiger partial charge in [0.1, 0.15) is 10.6 Å². The third-order valence-corrected chi connectivity index (χ3v) is 6.40. The van der Waals surface area contributed by atoms with Crippen molar-refractivity contribution in [1.29, 1.82) is 0 Å². The minimum absolute atomic E-state index is 0.154. The summed E-state index contributed by atoms with van der Waals surface area (Å²) in [6, 6.07) is 8.53. The van der Waals surface area contributed by atoms with Gasteiger partial charge in [0.05, 0.1) is 0 Å². The monoisotopic (exact) mass is 378 g/mol. The maximum atomic E-state index is 12.4. The Morgan fingerprint density at radius 1 is 1.15 bits per heavy atom. The molecule has 1 saturated heterocycles. The molecule has 0 unspecified atom stereocenters. The van der Waals surface area contributed by atoms with Crippen molar-refractivity contribution in [3.63, 3.8) is 0 Å². The smallest absolute Gasteiger partial charge is 0.246 e. The number of hydrogen-bond donors (Lipinski definition) is 1. The van der Waals surface area contributed by atoms with E-state index < -0.39 is 10.0 Å². The second-order valence-corrected chi connectivity index (χ2v) is 8.42. The zero-order chi connectivity index (χ0) is 18.7. The van der Waals surface area contributed by atoms with Crippen LogP contribution in [-0.2, 0) is 10.0 Å². The Kier molecular flexibility index (Phi) is 5.64. The molecule has 0 aliphatic carbocycles. The molecule has 0 bridgehead atoms. The maximum absolute atomic E-state index is 12.4. The lowest BCUT2D eigenvalue weighted by atomic mass is 10.2. The highest BCUT2D eigenvalue weighted by atomic mass is 32.2.